The summed E-state index contributed by atoms with van der Waals surface area (Å²) in [6, 6.07) is 27.2. The molecular formula is C21H15O3P. The smallest absolute Gasteiger partial charge is 0.347 e. The minimum absolute atomic E-state index is 0.198. The van der Waals surface area contributed by atoms with Gasteiger partial charge in [0, 0.05) is 16.0 Å². The van der Waals surface area contributed by atoms with E-state index in [0.717, 1.165) is 5.39 Å². The molecule has 3 nitrogen and oxygen atoms in total. The van der Waals surface area contributed by atoms with Gasteiger partial charge >= 0.3 is 5.63 Å². The van der Waals surface area contributed by atoms with Gasteiger partial charge < -0.3 is 8.98 Å². The highest BCUT2D eigenvalue weighted by molar-refractivity contribution is 7.85. The molecule has 0 radical (unpaired) electrons. The molecule has 1 aromatic heterocycles. The van der Waals surface area contributed by atoms with Gasteiger partial charge in [0.05, 0.1) is 0 Å². The van der Waals surface area contributed by atoms with Crippen LogP contribution in [0.5, 0.6) is 0 Å². The third-order valence-electron chi connectivity index (χ3n) is 4.20. The van der Waals surface area contributed by atoms with Gasteiger partial charge in [-0.25, -0.2) is 4.79 Å². The summed E-state index contributed by atoms with van der Waals surface area (Å²) in [5.41, 5.74) is -0.0707. The number of hydrogen-bond donors (Lipinski definition) is 0. The zero-order valence-corrected chi connectivity index (χ0v) is 14.2. The largest absolute Gasteiger partial charge is 0.422 e. The molecule has 25 heavy (non-hydrogen) atoms. The van der Waals surface area contributed by atoms with E-state index in [0.29, 0.717) is 16.2 Å². The molecule has 0 bridgehead atoms. The van der Waals surface area contributed by atoms with Gasteiger partial charge in [-0.3, -0.25) is 0 Å². The van der Waals surface area contributed by atoms with Crippen LogP contribution < -0.4 is 21.5 Å². The summed E-state index contributed by atoms with van der Waals surface area (Å²) in [5, 5.41) is 2.18. The average Bonchev–Trinajstić information content (AvgIpc) is 2.68. The lowest BCUT2D eigenvalue weighted by Crippen LogP contribution is -2.33. The molecule has 0 atom stereocenters. The van der Waals surface area contributed by atoms with Gasteiger partial charge in [-0.05, 0) is 12.1 Å². The van der Waals surface area contributed by atoms with E-state index >= 15 is 0 Å². The third kappa shape index (κ3) is 2.63. The summed E-state index contributed by atoms with van der Waals surface area (Å²) >= 11 is 0. The summed E-state index contributed by atoms with van der Waals surface area (Å²) in [6.07, 6.45) is 0. The van der Waals surface area contributed by atoms with Gasteiger partial charge in [-0.2, -0.15) is 0 Å². The van der Waals surface area contributed by atoms with E-state index in [-0.39, 0.29) is 5.30 Å². The molecule has 0 aliphatic rings. The minimum atomic E-state index is -3.32. The van der Waals surface area contributed by atoms with Crippen LogP contribution >= 0.6 is 7.14 Å². The molecule has 4 heteroatoms. The van der Waals surface area contributed by atoms with Crippen molar-refractivity contribution in [3.8, 4) is 0 Å². The average molecular weight is 346 g/mol. The van der Waals surface area contributed by atoms with E-state index in [2.05, 4.69) is 0 Å². The number of hydrogen-bond acceptors (Lipinski definition) is 3. The molecule has 0 aliphatic carbocycles. The topological polar surface area (TPSA) is 47.3 Å². The number of rotatable bonds is 3. The van der Waals surface area contributed by atoms with E-state index in [1.807, 2.05) is 48.5 Å². The lowest BCUT2D eigenvalue weighted by atomic mass is 10.2. The van der Waals surface area contributed by atoms with Crippen LogP contribution in [0.15, 0.2) is 100 Å². The van der Waals surface area contributed by atoms with Crippen LogP contribution in [0.1, 0.15) is 0 Å². The third-order valence-corrected chi connectivity index (χ3v) is 7.24. The highest BCUT2D eigenvalue weighted by Gasteiger charge is 2.33. The Balaban J connectivity index is 2.08. The van der Waals surface area contributed by atoms with Crippen molar-refractivity contribution >= 4 is 34.0 Å². The predicted molar refractivity (Wildman–Crippen MR) is 102 cm³/mol. The molecule has 3 aromatic carbocycles. The summed E-state index contributed by atoms with van der Waals surface area (Å²) < 4.78 is 19.7. The first-order valence-corrected chi connectivity index (χ1v) is 9.65. The molecule has 1 heterocycles. The van der Waals surface area contributed by atoms with Crippen LogP contribution in [0, 0.1) is 0 Å². The van der Waals surface area contributed by atoms with Crippen molar-refractivity contribution in [2.75, 3.05) is 0 Å². The normalized spacial score (nSPS) is 11.5. The molecule has 4 aromatic rings. The van der Waals surface area contributed by atoms with E-state index in [4.69, 9.17) is 4.42 Å². The van der Waals surface area contributed by atoms with E-state index in [9.17, 15) is 9.36 Å². The molecule has 0 unspecified atom stereocenters. The molecule has 0 spiro atoms. The van der Waals surface area contributed by atoms with Gasteiger partial charge in [0.2, 0.25) is 0 Å². The van der Waals surface area contributed by atoms with Crippen molar-refractivity contribution in [1.29, 1.82) is 0 Å². The van der Waals surface area contributed by atoms with Crippen molar-refractivity contribution in [3.63, 3.8) is 0 Å². The Morgan fingerprint density at radius 1 is 0.680 bits per heavy atom. The molecular weight excluding hydrogens is 331 g/mol. The molecule has 122 valence electrons. The molecule has 4 rings (SSSR count). The summed E-state index contributed by atoms with van der Waals surface area (Å²) in [4.78, 5) is 12.7. The van der Waals surface area contributed by atoms with Crippen LogP contribution in [-0.2, 0) is 4.57 Å². The minimum Gasteiger partial charge on any atom is -0.422 e. The summed E-state index contributed by atoms with van der Waals surface area (Å²) in [7, 11) is -3.32. The number of fused-ring (bicyclic) bond motifs is 1. The maximum atomic E-state index is 14.2. The molecule has 0 aliphatic heterocycles. The number of para-hydroxylation sites is 1. The zero-order valence-electron chi connectivity index (χ0n) is 13.3. The fourth-order valence-electron chi connectivity index (χ4n) is 2.97. The fourth-order valence-corrected chi connectivity index (χ4v) is 5.64. The Hall–Kier alpha value is -2.90. The van der Waals surface area contributed by atoms with Crippen LogP contribution in [0.3, 0.4) is 0 Å². The van der Waals surface area contributed by atoms with Crippen LogP contribution in [-0.4, -0.2) is 0 Å². The Morgan fingerprint density at radius 2 is 1.20 bits per heavy atom. The molecule has 0 saturated heterocycles. The standard InChI is InChI=1S/C21H15O3P/c22-21-20(15-16-9-7-8-14-19(16)24-21)25(23,17-10-3-1-4-11-17)18-12-5-2-6-13-18/h1-15H. The Labute approximate surface area is 144 Å². The first kappa shape index (κ1) is 15.6. The van der Waals surface area contributed by atoms with E-state index in [1.54, 1.807) is 42.5 Å². The summed E-state index contributed by atoms with van der Waals surface area (Å²) in [5.74, 6) is 0. The SMILES string of the molecule is O=c1oc2ccccc2cc1P(=O)(c1ccccc1)c1ccccc1. The molecule has 0 fully saturated rings. The highest BCUT2D eigenvalue weighted by atomic mass is 31.2. The van der Waals surface area contributed by atoms with Gasteiger partial charge in [-0.15, -0.1) is 0 Å². The van der Waals surface area contributed by atoms with E-state index in [1.165, 1.54) is 0 Å². The lowest BCUT2D eigenvalue weighted by Gasteiger charge is -2.18. The van der Waals surface area contributed by atoms with Gasteiger partial charge in [0.1, 0.15) is 10.9 Å². The summed E-state index contributed by atoms with van der Waals surface area (Å²) in [6.45, 7) is 0. The Kier molecular flexibility index (Phi) is 3.87. The maximum Gasteiger partial charge on any atom is 0.347 e. The van der Waals surface area contributed by atoms with Crippen molar-refractivity contribution in [2.45, 2.75) is 0 Å². The van der Waals surface area contributed by atoms with Crippen molar-refractivity contribution in [2.24, 2.45) is 0 Å². The van der Waals surface area contributed by atoms with Crippen LogP contribution in [0.25, 0.3) is 11.0 Å². The Morgan fingerprint density at radius 3 is 1.80 bits per heavy atom. The zero-order chi connectivity index (χ0) is 17.3. The van der Waals surface area contributed by atoms with Crippen LogP contribution in [0.2, 0.25) is 0 Å². The first-order valence-electron chi connectivity index (χ1n) is 7.94. The monoisotopic (exact) mass is 346 g/mol. The Bertz CT molecular complexity index is 1090. The van der Waals surface area contributed by atoms with Crippen molar-refractivity contribution in [1.82, 2.24) is 0 Å². The first-order chi connectivity index (χ1) is 12.2. The molecule has 0 saturated carbocycles. The van der Waals surface area contributed by atoms with Gasteiger partial charge in [0.25, 0.3) is 0 Å². The van der Waals surface area contributed by atoms with Gasteiger partial charge in [-0.1, -0.05) is 78.9 Å². The second kappa shape index (κ2) is 6.19. The van der Waals surface area contributed by atoms with Gasteiger partial charge in [0.15, 0.2) is 7.14 Å². The number of benzene rings is 3. The second-order valence-corrected chi connectivity index (χ2v) is 8.47. The molecule has 0 N–H and O–H groups in total. The predicted octanol–water partition coefficient (Wildman–Crippen LogP) is 3.43. The van der Waals surface area contributed by atoms with Crippen molar-refractivity contribution < 1.29 is 8.98 Å². The highest BCUT2D eigenvalue weighted by Crippen LogP contribution is 2.41. The molecule has 0 amide bonds. The second-order valence-electron chi connectivity index (χ2n) is 5.74. The fraction of sp³-hybridized carbons (Fsp3) is 0. The van der Waals surface area contributed by atoms with E-state index < -0.39 is 12.8 Å². The lowest BCUT2D eigenvalue weighted by molar-refractivity contribution is 0.562. The quantitative estimate of drug-likeness (QED) is 0.422. The van der Waals surface area contributed by atoms with Crippen molar-refractivity contribution in [3.05, 3.63) is 101 Å². The maximum absolute atomic E-state index is 14.2. The van der Waals surface area contributed by atoms with Crippen LogP contribution in [0.4, 0.5) is 0 Å².